The number of amides is 1. The first-order chi connectivity index (χ1) is 12.1. The molecule has 0 bridgehead atoms. The molecule has 2 aromatic rings. The van der Waals surface area contributed by atoms with Gasteiger partial charge < -0.3 is 14.2 Å². The first kappa shape index (κ1) is 16.3. The van der Waals surface area contributed by atoms with Gasteiger partial charge in [-0.2, -0.15) is 5.10 Å². The SMILES string of the molecule is CCn1nccc1C(=O)N1CC(c2nncn2C)C2(CCOCC2)C1. The Balaban J connectivity index is 1.66. The zero-order valence-corrected chi connectivity index (χ0v) is 14.8. The Morgan fingerprint density at radius 2 is 2.20 bits per heavy atom. The summed E-state index contributed by atoms with van der Waals surface area (Å²) in [6.45, 7) is 5.57. The minimum Gasteiger partial charge on any atom is -0.381 e. The minimum absolute atomic E-state index is 0.0196. The molecule has 2 aromatic heterocycles. The Bertz CT molecular complexity index is 761. The third-order valence-electron chi connectivity index (χ3n) is 5.72. The van der Waals surface area contributed by atoms with Crippen molar-refractivity contribution in [3.63, 3.8) is 0 Å². The zero-order valence-electron chi connectivity index (χ0n) is 14.8. The van der Waals surface area contributed by atoms with Gasteiger partial charge in [-0.25, -0.2) is 0 Å². The molecule has 2 fully saturated rings. The number of likely N-dealkylation sites (tertiary alicyclic amines) is 1. The van der Waals surface area contributed by atoms with Gasteiger partial charge in [-0.1, -0.05) is 0 Å². The largest absolute Gasteiger partial charge is 0.381 e. The molecule has 0 aromatic carbocycles. The summed E-state index contributed by atoms with van der Waals surface area (Å²) in [5.41, 5.74) is 0.675. The lowest BCUT2D eigenvalue weighted by Gasteiger charge is -2.37. The molecule has 1 amide bonds. The van der Waals surface area contributed by atoms with E-state index in [-0.39, 0.29) is 17.2 Å². The van der Waals surface area contributed by atoms with Crippen LogP contribution in [0.4, 0.5) is 0 Å². The number of carbonyl (C=O) groups is 1. The van der Waals surface area contributed by atoms with E-state index in [0.717, 1.165) is 38.4 Å². The van der Waals surface area contributed by atoms with Crippen LogP contribution in [0.5, 0.6) is 0 Å². The van der Waals surface area contributed by atoms with Crippen LogP contribution in [-0.4, -0.2) is 61.7 Å². The summed E-state index contributed by atoms with van der Waals surface area (Å²) < 4.78 is 9.33. The molecule has 2 aliphatic rings. The second-order valence-corrected chi connectivity index (χ2v) is 7.05. The van der Waals surface area contributed by atoms with E-state index in [2.05, 4.69) is 15.3 Å². The Morgan fingerprint density at radius 3 is 2.88 bits per heavy atom. The highest BCUT2D eigenvalue weighted by Gasteiger charge is 2.51. The average Bonchev–Trinajstić information content (AvgIpc) is 3.33. The van der Waals surface area contributed by atoms with E-state index in [4.69, 9.17) is 4.74 Å². The Kier molecular flexibility index (Phi) is 4.07. The molecule has 0 saturated carbocycles. The lowest BCUT2D eigenvalue weighted by atomic mass is 9.72. The van der Waals surface area contributed by atoms with Gasteiger partial charge in [0.05, 0.1) is 0 Å². The fourth-order valence-electron chi connectivity index (χ4n) is 4.30. The van der Waals surface area contributed by atoms with Gasteiger partial charge >= 0.3 is 0 Å². The molecule has 0 radical (unpaired) electrons. The second kappa shape index (κ2) is 6.25. The van der Waals surface area contributed by atoms with Crippen LogP contribution in [0.2, 0.25) is 0 Å². The van der Waals surface area contributed by atoms with E-state index in [1.165, 1.54) is 0 Å². The molecular weight excluding hydrogens is 320 g/mol. The molecule has 0 N–H and O–H groups in total. The van der Waals surface area contributed by atoms with Crippen molar-refractivity contribution in [1.29, 1.82) is 0 Å². The van der Waals surface area contributed by atoms with E-state index < -0.39 is 0 Å². The number of hydrogen-bond acceptors (Lipinski definition) is 5. The van der Waals surface area contributed by atoms with Crippen LogP contribution in [0.25, 0.3) is 0 Å². The third-order valence-corrected chi connectivity index (χ3v) is 5.72. The molecule has 2 saturated heterocycles. The normalized spacial score (nSPS) is 22.6. The van der Waals surface area contributed by atoms with Crippen molar-refractivity contribution in [1.82, 2.24) is 29.4 Å². The first-order valence-electron chi connectivity index (χ1n) is 8.87. The van der Waals surface area contributed by atoms with Crippen molar-refractivity contribution in [3.05, 3.63) is 30.1 Å². The fourth-order valence-corrected chi connectivity index (χ4v) is 4.30. The molecule has 0 aliphatic carbocycles. The van der Waals surface area contributed by atoms with Crippen LogP contribution in [0.1, 0.15) is 42.0 Å². The smallest absolute Gasteiger partial charge is 0.272 e. The maximum Gasteiger partial charge on any atom is 0.272 e. The Labute approximate surface area is 146 Å². The van der Waals surface area contributed by atoms with Crippen LogP contribution in [-0.2, 0) is 18.3 Å². The molecule has 25 heavy (non-hydrogen) atoms. The van der Waals surface area contributed by atoms with Crippen molar-refractivity contribution in [2.45, 2.75) is 32.2 Å². The highest BCUT2D eigenvalue weighted by molar-refractivity contribution is 5.92. The van der Waals surface area contributed by atoms with E-state index in [9.17, 15) is 4.79 Å². The third kappa shape index (κ3) is 2.64. The van der Waals surface area contributed by atoms with E-state index in [1.54, 1.807) is 23.3 Å². The average molecular weight is 344 g/mol. The highest BCUT2D eigenvalue weighted by atomic mass is 16.5. The number of aryl methyl sites for hydroxylation is 2. The van der Waals surface area contributed by atoms with Gasteiger partial charge in [0, 0.05) is 57.4 Å². The van der Waals surface area contributed by atoms with Gasteiger partial charge in [-0.15, -0.1) is 10.2 Å². The number of nitrogens with zero attached hydrogens (tertiary/aromatic N) is 6. The summed E-state index contributed by atoms with van der Waals surface area (Å²) in [5, 5.41) is 12.6. The lowest BCUT2D eigenvalue weighted by Crippen LogP contribution is -2.38. The van der Waals surface area contributed by atoms with E-state index in [1.807, 2.05) is 23.4 Å². The predicted molar refractivity (Wildman–Crippen MR) is 90.0 cm³/mol. The van der Waals surface area contributed by atoms with Crippen molar-refractivity contribution in [3.8, 4) is 0 Å². The topological polar surface area (TPSA) is 78.1 Å². The molecule has 134 valence electrons. The van der Waals surface area contributed by atoms with Crippen molar-refractivity contribution in [2.24, 2.45) is 12.5 Å². The van der Waals surface area contributed by atoms with Crippen molar-refractivity contribution < 1.29 is 9.53 Å². The zero-order chi connectivity index (χ0) is 17.4. The number of aromatic nitrogens is 5. The second-order valence-electron chi connectivity index (χ2n) is 7.05. The van der Waals surface area contributed by atoms with Crippen LogP contribution < -0.4 is 0 Å². The molecule has 4 rings (SSSR count). The molecule has 8 heteroatoms. The molecule has 1 unspecified atom stereocenters. The summed E-state index contributed by atoms with van der Waals surface area (Å²) in [4.78, 5) is 15.1. The fraction of sp³-hybridized carbons (Fsp3) is 0.647. The molecule has 1 spiro atoms. The van der Waals surface area contributed by atoms with Crippen LogP contribution in [0.3, 0.4) is 0 Å². The molecule has 8 nitrogen and oxygen atoms in total. The summed E-state index contributed by atoms with van der Waals surface area (Å²) in [5.74, 6) is 1.20. The standard InChI is InChI=1S/C17H24N6O2/c1-3-23-14(4-7-19-23)16(24)22-10-13(15-20-18-12-21(15)2)17(11-22)5-8-25-9-6-17/h4,7,12-13H,3,5-6,8-11H2,1-2H3. The first-order valence-corrected chi connectivity index (χ1v) is 8.87. The molecule has 1 atom stereocenters. The molecule has 4 heterocycles. The highest BCUT2D eigenvalue weighted by Crippen LogP contribution is 2.49. The minimum atomic E-state index is 0.0196. The maximum atomic E-state index is 13.1. The summed E-state index contributed by atoms with van der Waals surface area (Å²) in [7, 11) is 1.97. The van der Waals surface area contributed by atoms with Gasteiger partial charge in [-0.05, 0) is 25.8 Å². The maximum absolute atomic E-state index is 13.1. The van der Waals surface area contributed by atoms with Gasteiger partial charge in [0.2, 0.25) is 0 Å². The quantitative estimate of drug-likeness (QED) is 0.832. The van der Waals surface area contributed by atoms with Gasteiger partial charge in [0.25, 0.3) is 5.91 Å². The lowest BCUT2D eigenvalue weighted by molar-refractivity contribution is 0.0107. The number of hydrogen-bond donors (Lipinski definition) is 0. The van der Waals surface area contributed by atoms with Gasteiger partial charge in [0.15, 0.2) is 0 Å². The number of ether oxygens (including phenoxy) is 1. The number of rotatable bonds is 3. The van der Waals surface area contributed by atoms with Gasteiger partial charge in [0.1, 0.15) is 17.8 Å². The summed E-state index contributed by atoms with van der Waals surface area (Å²) >= 11 is 0. The van der Waals surface area contributed by atoms with Crippen molar-refractivity contribution in [2.75, 3.05) is 26.3 Å². The van der Waals surface area contributed by atoms with Crippen LogP contribution in [0, 0.1) is 5.41 Å². The van der Waals surface area contributed by atoms with E-state index >= 15 is 0 Å². The number of carbonyl (C=O) groups excluding carboxylic acids is 1. The summed E-state index contributed by atoms with van der Waals surface area (Å²) in [6, 6.07) is 1.80. The monoisotopic (exact) mass is 344 g/mol. The van der Waals surface area contributed by atoms with Crippen molar-refractivity contribution >= 4 is 5.91 Å². The predicted octanol–water partition coefficient (Wildman–Crippen LogP) is 1.07. The van der Waals surface area contributed by atoms with Crippen LogP contribution in [0.15, 0.2) is 18.6 Å². The summed E-state index contributed by atoms with van der Waals surface area (Å²) in [6.07, 6.45) is 5.32. The van der Waals surface area contributed by atoms with Crippen LogP contribution >= 0.6 is 0 Å². The van der Waals surface area contributed by atoms with Gasteiger partial charge in [-0.3, -0.25) is 9.48 Å². The van der Waals surface area contributed by atoms with E-state index in [0.29, 0.717) is 18.8 Å². The Hall–Kier alpha value is -2.22. The molecule has 2 aliphatic heterocycles. The Morgan fingerprint density at radius 1 is 1.40 bits per heavy atom. The molecular formula is C17H24N6O2.